The minimum Gasteiger partial charge on any atom is -0.426 e. The zero-order valence-electron chi connectivity index (χ0n) is 44.0. The number of hydrogen-bond acceptors (Lipinski definition) is 6. The maximum Gasteiger partial charge on any atom is 0.217 e. The van der Waals surface area contributed by atoms with Gasteiger partial charge < -0.3 is 8.70 Å². The predicted molar refractivity (Wildman–Crippen MR) is 278 cm³/mol. The zero-order chi connectivity index (χ0) is 47.7. The maximum absolute atomic E-state index is 11.1. The van der Waals surface area contributed by atoms with Crippen molar-refractivity contribution in [1.29, 1.82) is 0 Å². The van der Waals surface area contributed by atoms with Gasteiger partial charge in [-0.15, -0.1) is 15.1 Å². The molecule has 0 saturated heterocycles. The standard InChI is InChI=1S/C20H27NO2S.C8H14N2O.3C7H16.2C2H6.CH4/c1-20(2,3)14-15-24(23-21-22,16-18-10-6-4-7-11-18)17-19-12-8-5-9-13-19;1-6-9-10-7(11-6)5-8(2,3)4;3*1-5-6-7(2,3)4;2*1-2;/h4-13H,14-17H2,1-3H3;5H2,1-4H3;3*5-6H2,1-4H3;2*1-2H3;1H4. The molecule has 0 aliphatic carbocycles. The molecular formula is C54H105N3O3S. The topological polar surface area (TPSA) is 77.6 Å². The van der Waals surface area contributed by atoms with Crippen LogP contribution < -0.4 is 0 Å². The van der Waals surface area contributed by atoms with Gasteiger partial charge in [0.15, 0.2) is 5.34 Å². The lowest BCUT2D eigenvalue weighted by molar-refractivity contribution is 0.349. The highest BCUT2D eigenvalue weighted by molar-refractivity contribution is 8.28. The largest absolute Gasteiger partial charge is 0.426 e. The molecule has 7 heteroatoms. The summed E-state index contributed by atoms with van der Waals surface area (Å²) in [6.45, 7) is 50.0. The number of aryl methyl sites for hydroxylation is 1. The second-order valence-electron chi connectivity index (χ2n) is 21.3. The van der Waals surface area contributed by atoms with Gasteiger partial charge in [-0.3, -0.25) is 0 Å². The SMILES string of the molecule is C.CC.CC.CC(C)(C)CCS(Cc1ccccc1)(Cc1ccccc1)ON=O.CCCC(C)(C)C.CCCC(C)(C)C.CCCC(C)(C)C.Cc1nnc(CC(C)(C)C)o1. The van der Waals surface area contributed by atoms with Crippen LogP contribution in [0.25, 0.3) is 0 Å². The van der Waals surface area contributed by atoms with Crippen LogP contribution in [-0.4, -0.2) is 16.0 Å². The third-order valence-corrected chi connectivity index (χ3v) is 11.3. The Morgan fingerprint density at radius 1 is 0.541 bits per heavy atom. The molecule has 1 aromatic heterocycles. The van der Waals surface area contributed by atoms with Crippen LogP contribution in [0, 0.1) is 38.9 Å². The molecule has 1 heterocycles. The van der Waals surface area contributed by atoms with Crippen LogP contribution in [0.3, 0.4) is 0 Å². The van der Waals surface area contributed by atoms with Gasteiger partial charge in [-0.05, 0) is 63.9 Å². The summed E-state index contributed by atoms with van der Waals surface area (Å²) in [5.74, 6) is 3.75. The van der Waals surface area contributed by atoms with Gasteiger partial charge in [0.2, 0.25) is 11.8 Å². The third-order valence-electron chi connectivity index (χ3n) is 8.21. The summed E-state index contributed by atoms with van der Waals surface area (Å²) in [6.07, 6.45) is 9.79. The predicted octanol–water partition coefficient (Wildman–Crippen LogP) is 19.4. The Morgan fingerprint density at radius 3 is 1.08 bits per heavy atom. The molecule has 3 aromatic rings. The summed E-state index contributed by atoms with van der Waals surface area (Å²) in [4.78, 5) is 11.1. The molecule has 0 aliphatic heterocycles. The average molecular weight is 877 g/mol. The summed E-state index contributed by atoms with van der Waals surface area (Å²) >= 11 is 0. The lowest BCUT2D eigenvalue weighted by Crippen LogP contribution is -2.17. The molecule has 0 bridgehead atoms. The molecule has 0 aliphatic rings. The van der Waals surface area contributed by atoms with Crippen LogP contribution >= 0.6 is 10.3 Å². The molecule has 6 nitrogen and oxygen atoms in total. The molecule has 0 amide bonds. The average Bonchev–Trinajstić information content (AvgIpc) is 3.52. The first-order valence-electron chi connectivity index (χ1n) is 23.2. The summed E-state index contributed by atoms with van der Waals surface area (Å²) in [7, 11) is -1.67. The van der Waals surface area contributed by atoms with E-state index in [1.807, 2.05) is 64.1 Å². The van der Waals surface area contributed by atoms with Crippen LogP contribution in [0.15, 0.2) is 70.4 Å². The van der Waals surface area contributed by atoms with Crippen LogP contribution in [0.1, 0.15) is 228 Å². The molecule has 2 aromatic carbocycles. The van der Waals surface area contributed by atoms with E-state index in [1.54, 1.807) is 6.92 Å². The van der Waals surface area contributed by atoms with Gasteiger partial charge in [-0.2, -0.15) is 0 Å². The minimum absolute atomic E-state index is 0. The molecule has 0 saturated carbocycles. The molecule has 0 spiro atoms. The van der Waals surface area contributed by atoms with E-state index in [1.165, 1.54) is 49.7 Å². The van der Waals surface area contributed by atoms with E-state index in [4.69, 9.17) is 8.70 Å². The van der Waals surface area contributed by atoms with Gasteiger partial charge in [-0.25, -0.2) is 0 Å². The lowest BCUT2D eigenvalue weighted by Gasteiger charge is -2.37. The summed E-state index contributed by atoms with van der Waals surface area (Å²) < 4.78 is 10.8. The van der Waals surface area contributed by atoms with Crippen molar-refractivity contribution in [3.05, 3.63) is 88.5 Å². The van der Waals surface area contributed by atoms with E-state index in [0.29, 0.717) is 22.1 Å². The van der Waals surface area contributed by atoms with Gasteiger partial charge in [0, 0.05) is 30.6 Å². The van der Waals surface area contributed by atoms with Crippen molar-refractivity contribution >= 4 is 10.3 Å². The van der Waals surface area contributed by atoms with E-state index < -0.39 is 10.3 Å². The van der Waals surface area contributed by atoms with Crippen molar-refractivity contribution < 1.29 is 8.70 Å². The van der Waals surface area contributed by atoms with Crippen molar-refractivity contribution in [2.45, 2.75) is 230 Å². The molecule has 360 valence electrons. The van der Waals surface area contributed by atoms with E-state index in [-0.39, 0.29) is 18.3 Å². The molecule has 0 radical (unpaired) electrons. The normalized spacial score (nSPS) is 11.5. The van der Waals surface area contributed by atoms with Gasteiger partial charge in [-0.1, -0.05) is 250 Å². The first-order valence-corrected chi connectivity index (χ1v) is 25.3. The smallest absolute Gasteiger partial charge is 0.217 e. The van der Waals surface area contributed by atoms with Gasteiger partial charge in [0.05, 0.1) is 0 Å². The molecule has 0 unspecified atom stereocenters. The minimum atomic E-state index is -1.67. The second kappa shape index (κ2) is 35.8. The van der Waals surface area contributed by atoms with Gasteiger partial charge in [0.25, 0.3) is 0 Å². The molecular weight excluding hydrogens is 771 g/mol. The number of hydrogen-bond donors (Lipinski definition) is 0. The first kappa shape index (κ1) is 67.4. The zero-order valence-corrected chi connectivity index (χ0v) is 44.8. The van der Waals surface area contributed by atoms with Crippen molar-refractivity contribution in [3.8, 4) is 0 Å². The van der Waals surface area contributed by atoms with E-state index in [9.17, 15) is 4.91 Å². The highest BCUT2D eigenvalue weighted by Gasteiger charge is 2.30. The van der Waals surface area contributed by atoms with Crippen LogP contribution in [0.4, 0.5) is 0 Å². The highest BCUT2D eigenvalue weighted by Crippen LogP contribution is 2.56. The Bertz CT molecular complexity index is 1290. The van der Waals surface area contributed by atoms with Gasteiger partial charge in [0.1, 0.15) is 0 Å². The molecule has 0 N–H and O–H groups in total. The fourth-order valence-electron chi connectivity index (χ4n) is 5.71. The van der Waals surface area contributed by atoms with Crippen LogP contribution in [-0.2, 0) is 22.2 Å². The fraction of sp³-hybridized carbons (Fsp3) is 0.741. The van der Waals surface area contributed by atoms with E-state index in [0.717, 1.165) is 36.0 Å². The lowest BCUT2D eigenvalue weighted by atomic mass is 9.91. The Kier molecular flexibility index (Phi) is 39.5. The van der Waals surface area contributed by atoms with Crippen LogP contribution in [0.2, 0.25) is 0 Å². The van der Waals surface area contributed by atoms with Crippen molar-refractivity contribution in [2.75, 3.05) is 5.75 Å². The number of aromatic nitrogens is 2. The second-order valence-corrected chi connectivity index (χ2v) is 24.3. The highest BCUT2D eigenvalue weighted by atomic mass is 32.3. The molecule has 0 atom stereocenters. The fourth-order valence-corrected chi connectivity index (χ4v) is 8.99. The Morgan fingerprint density at radius 2 is 0.869 bits per heavy atom. The van der Waals surface area contributed by atoms with Crippen LogP contribution in [0.5, 0.6) is 0 Å². The molecule has 61 heavy (non-hydrogen) atoms. The summed E-state index contributed by atoms with van der Waals surface area (Å²) in [6, 6.07) is 20.5. The molecule has 3 rings (SSSR count). The monoisotopic (exact) mass is 876 g/mol. The van der Waals surface area contributed by atoms with Crippen molar-refractivity contribution in [2.24, 2.45) is 32.4 Å². The van der Waals surface area contributed by atoms with E-state index >= 15 is 0 Å². The van der Waals surface area contributed by atoms with Gasteiger partial charge >= 0.3 is 0 Å². The Labute approximate surface area is 383 Å². The first-order chi connectivity index (χ1) is 27.6. The number of nitrogens with zero attached hydrogens (tertiary/aromatic N) is 3. The van der Waals surface area contributed by atoms with Crippen molar-refractivity contribution in [3.63, 3.8) is 0 Å². The van der Waals surface area contributed by atoms with Crippen molar-refractivity contribution in [1.82, 2.24) is 10.2 Å². The number of benzene rings is 2. The molecule has 0 fully saturated rings. The maximum atomic E-state index is 11.1. The Hall–Kier alpha value is -2.67. The Balaban J connectivity index is -0.000000236. The van der Waals surface area contributed by atoms with E-state index in [2.05, 4.69) is 164 Å². The quantitative estimate of drug-likeness (QED) is 0.134. The third kappa shape index (κ3) is 48.2. The number of rotatable bonds is 12. The summed E-state index contributed by atoms with van der Waals surface area (Å²) in [5, 5.41) is 10.6. The summed E-state index contributed by atoms with van der Waals surface area (Å²) in [5.41, 5.74) is 4.46.